The second-order valence-corrected chi connectivity index (χ2v) is 7.50. The molecule has 1 N–H and O–H groups in total. The Labute approximate surface area is 127 Å². The topological polar surface area (TPSA) is 28.2 Å². The molecule has 2 rings (SSSR count). The number of nitrogens with one attached hydrogen (secondary N) is 1. The van der Waals surface area contributed by atoms with Crippen LogP contribution in [0.1, 0.15) is 46.6 Å². The van der Waals surface area contributed by atoms with E-state index < -0.39 is 0 Å². The number of pyridine rings is 1. The molecule has 0 spiro atoms. The van der Waals surface area contributed by atoms with Crippen molar-refractivity contribution in [1.82, 2.24) is 10.3 Å². The van der Waals surface area contributed by atoms with Gasteiger partial charge in [-0.1, -0.05) is 18.5 Å². The Kier molecular flexibility index (Phi) is 4.60. The summed E-state index contributed by atoms with van der Waals surface area (Å²) in [6, 6.07) is 2.56. The quantitative estimate of drug-likeness (QED) is 0.918. The first kappa shape index (κ1) is 15.6. The van der Waals surface area contributed by atoms with Crippen LogP contribution in [0, 0.1) is 5.92 Å². The summed E-state index contributed by atoms with van der Waals surface area (Å²) in [6.45, 7) is 12.8. The average molecular weight is 296 g/mol. The van der Waals surface area contributed by atoms with Gasteiger partial charge in [0.25, 0.3) is 0 Å². The number of nitrogens with zero attached hydrogens (tertiary/aromatic N) is 2. The minimum Gasteiger partial charge on any atom is -0.352 e. The first-order valence-electron chi connectivity index (χ1n) is 7.42. The maximum absolute atomic E-state index is 6.44. The summed E-state index contributed by atoms with van der Waals surface area (Å²) in [4.78, 5) is 6.93. The molecule has 2 atom stereocenters. The van der Waals surface area contributed by atoms with Crippen molar-refractivity contribution >= 4 is 17.4 Å². The van der Waals surface area contributed by atoms with Gasteiger partial charge in [-0.05, 0) is 51.7 Å². The van der Waals surface area contributed by atoms with Crippen LogP contribution in [0.15, 0.2) is 12.3 Å². The molecule has 2 heterocycles. The van der Waals surface area contributed by atoms with Gasteiger partial charge >= 0.3 is 0 Å². The van der Waals surface area contributed by atoms with E-state index in [-0.39, 0.29) is 5.54 Å². The lowest BCUT2D eigenvalue weighted by Gasteiger charge is -2.24. The molecule has 1 aromatic heterocycles. The Hall–Kier alpha value is -0.800. The van der Waals surface area contributed by atoms with Gasteiger partial charge in [0.2, 0.25) is 0 Å². The molecule has 0 amide bonds. The molecule has 20 heavy (non-hydrogen) atoms. The van der Waals surface area contributed by atoms with Crippen LogP contribution in [0.3, 0.4) is 0 Å². The molecule has 1 fully saturated rings. The summed E-state index contributed by atoms with van der Waals surface area (Å²) < 4.78 is 0. The Bertz CT molecular complexity index is 467. The highest BCUT2D eigenvalue weighted by atomic mass is 35.5. The van der Waals surface area contributed by atoms with Gasteiger partial charge in [0.1, 0.15) is 5.82 Å². The van der Waals surface area contributed by atoms with Gasteiger partial charge in [0.05, 0.1) is 5.02 Å². The van der Waals surface area contributed by atoms with Crippen molar-refractivity contribution in [2.24, 2.45) is 5.92 Å². The van der Waals surface area contributed by atoms with E-state index in [0.717, 1.165) is 29.5 Å². The molecule has 1 aliphatic heterocycles. The van der Waals surface area contributed by atoms with E-state index in [4.69, 9.17) is 11.6 Å². The molecule has 4 heteroatoms. The van der Waals surface area contributed by atoms with E-state index in [9.17, 15) is 0 Å². The lowest BCUT2D eigenvalue weighted by atomic mass is 10.1. The largest absolute Gasteiger partial charge is 0.352 e. The van der Waals surface area contributed by atoms with Gasteiger partial charge < -0.3 is 10.2 Å². The van der Waals surface area contributed by atoms with Crippen LogP contribution in [0.2, 0.25) is 5.02 Å². The average Bonchev–Trinajstić information content (AvgIpc) is 2.65. The van der Waals surface area contributed by atoms with Crippen molar-refractivity contribution in [3.8, 4) is 0 Å². The Morgan fingerprint density at radius 1 is 1.40 bits per heavy atom. The third kappa shape index (κ3) is 3.86. The predicted molar refractivity (Wildman–Crippen MR) is 86.4 cm³/mol. The van der Waals surface area contributed by atoms with Gasteiger partial charge in [-0.2, -0.15) is 0 Å². The standard InChI is InChI=1S/C16H26ClN3/c1-11-6-12(2)20(10-11)15-14(17)7-13(8-18-15)9-19-16(3,4)5/h7-8,11-12,19H,6,9-10H2,1-5H3. The van der Waals surface area contributed by atoms with E-state index in [1.165, 1.54) is 6.42 Å². The fourth-order valence-corrected chi connectivity index (χ4v) is 3.04. The van der Waals surface area contributed by atoms with Gasteiger partial charge in [-0.15, -0.1) is 0 Å². The molecular weight excluding hydrogens is 270 g/mol. The Balaban J connectivity index is 2.10. The molecule has 112 valence electrons. The maximum Gasteiger partial charge on any atom is 0.147 e. The highest BCUT2D eigenvalue weighted by Crippen LogP contribution is 2.32. The molecule has 1 aliphatic rings. The summed E-state index contributed by atoms with van der Waals surface area (Å²) >= 11 is 6.44. The molecule has 0 radical (unpaired) electrons. The summed E-state index contributed by atoms with van der Waals surface area (Å²) in [5, 5.41) is 4.22. The van der Waals surface area contributed by atoms with Crippen LogP contribution in [0.25, 0.3) is 0 Å². The third-order valence-electron chi connectivity index (χ3n) is 3.76. The number of aromatic nitrogens is 1. The van der Waals surface area contributed by atoms with Crippen LogP contribution in [0.5, 0.6) is 0 Å². The summed E-state index contributed by atoms with van der Waals surface area (Å²) in [5.41, 5.74) is 1.23. The normalized spacial score (nSPS) is 23.4. The molecule has 1 saturated heterocycles. The lowest BCUT2D eigenvalue weighted by Crippen LogP contribution is -2.35. The second kappa shape index (κ2) is 5.90. The van der Waals surface area contributed by atoms with Crippen molar-refractivity contribution < 1.29 is 0 Å². The number of rotatable bonds is 3. The van der Waals surface area contributed by atoms with Crippen molar-refractivity contribution in [3.05, 3.63) is 22.8 Å². The summed E-state index contributed by atoms with van der Waals surface area (Å²) in [7, 11) is 0. The maximum atomic E-state index is 6.44. The number of halogens is 1. The first-order chi connectivity index (χ1) is 9.26. The molecule has 1 aromatic rings. The molecule has 3 nitrogen and oxygen atoms in total. The highest BCUT2D eigenvalue weighted by Gasteiger charge is 2.28. The van der Waals surface area contributed by atoms with Gasteiger partial charge in [0, 0.05) is 30.9 Å². The Morgan fingerprint density at radius 2 is 2.10 bits per heavy atom. The van der Waals surface area contributed by atoms with Crippen molar-refractivity contribution in [2.45, 2.75) is 59.2 Å². The van der Waals surface area contributed by atoms with Crippen LogP contribution >= 0.6 is 11.6 Å². The summed E-state index contributed by atoms with van der Waals surface area (Å²) in [6.07, 6.45) is 3.15. The first-order valence-corrected chi connectivity index (χ1v) is 7.80. The zero-order chi connectivity index (χ0) is 14.9. The van der Waals surface area contributed by atoms with E-state index in [0.29, 0.717) is 12.0 Å². The molecule has 0 aromatic carbocycles. The fraction of sp³-hybridized carbons (Fsp3) is 0.688. The van der Waals surface area contributed by atoms with Gasteiger partial charge in [-0.25, -0.2) is 4.98 Å². The predicted octanol–water partition coefficient (Wildman–Crippen LogP) is 3.86. The summed E-state index contributed by atoms with van der Waals surface area (Å²) in [5.74, 6) is 1.65. The number of anilines is 1. The molecule has 2 unspecified atom stereocenters. The number of hydrogen-bond acceptors (Lipinski definition) is 3. The van der Waals surface area contributed by atoms with Crippen molar-refractivity contribution in [3.63, 3.8) is 0 Å². The van der Waals surface area contributed by atoms with E-state index >= 15 is 0 Å². The minimum absolute atomic E-state index is 0.101. The number of hydrogen-bond donors (Lipinski definition) is 1. The van der Waals surface area contributed by atoms with Crippen LogP contribution < -0.4 is 10.2 Å². The smallest absolute Gasteiger partial charge is 0.147 e. The van der Waals surface area contributed by atoms with E-state index in [1.807, 2.05) is 12.3 Å². The van der Waals surface area contributed by atoms with Crippen LogP contribution in [0.4, 0.5) is 5.82 Å². The third-order valence-corrected chi connectivity index (χ3v) is 4.04. The molecule has 0 bridgehead atoms. The SMILES string of the molecule is CC1CC(C)N(c2ncc(CNC(C)(C)C)cc2Cl)C1. The van der Waals surface area contributed by atoms with Gasteiger partial charge in [-0.3, -0.25) is 0 Å². The minimum atomic E-state index is 0.101. The zero-order valence-electron chi connectivity index (χ0n) is 13.2. The van der Waals surface area contributed by atoms with Crippen LogP contribution in [-0.4, -0.2) is 23.1 Å². The van der Waals surface area contributed by atoms with Crippen LogP contribution in [-0.2, 0) is 6.54 Å². The van der Waals surface area contributed by atoms with Gasteiger partial charge in [0.15, 0.2) is 0 Å². The lowest BCUT2D eigenvalue weighted by molar-refractivity contribution is 0.424. The zero-order valence-corrected chi connectivity index (χ0v) is 14.0. The fourth-order valence-electron chi connectivity index (χ4n) is 2.74. The van der Waals surface area contributed by atoms with E-state index in [1.54, 1.807) is 0 Å². The molecule has 0 saturated carbocycles. The van der Waals surface area contributed by atoms with E-state index in [2.05, 4.69) is 49.8 Å². The highest BCUT2D eigenvalue weighted by molar-refractivity contribution is 6.33. The Morgan fingerprint density at radius 3 is 2.60 bits per heavy atom. The molecular formula is C16H26ClN3. The molecule has 0 aliphatic carbocycles. The second-order valence-electron chi connectivity index (χ2n) is 7.09. The van der Waals surface area contributed by atoms with Crippen molar-refractivity contribution in [1.29, 1.82) is 0 Å². The van der Waals surface area contributed by atoms with Crippen molar-refractivity contribution in [2.75, 3.05) is 11.4 Å². The monoisotopic (exact) mass is 295 g/mol.